The van der Waals surface area contributed by atoms with Crippen molar-refractivity contribution in [2.24, 2.45) is 0 Å². The normalized spacial score (nSPS) is 10.6. The monoisotopic (exact) mass is 364 g/mol. The minimum Gasteiger partial charge on any atom is -0.351 e. The zero-order valence-electron chi connectivity index (χ0n) is 13.8. The highest BCUT2D eigenvalue weighted by molar-refractivity contribution is 6.31. The van der Waals surface area contributed by atoms with Crippen LogP contribution < -0.4 is 10.6 Å². The van der Waals surface area contributed by atoms with Gasteiger partial charge in [-0.1, -0.05) is 11.6 Å². The van der Waals surface area contributed by atoms with Gasteiger partial charge in [-0.25, -0.2) is 4.39 Å². The molecule has 0 aliphatic rings. The molecule has 8 heteroatoms. The van der Waals surface area contributed by atoms with Crippen molar-refractivity contribution in [1.82, 2.24) is 15.2 Å². The SMILES string of the molecule is CN(C)CCNC(=O)c1cncc(C(=O)Nc2ccc(F)c(Cl)c2)c1. The van der Waals surface area contributed by atoms with Crippen LogP contribution in [0.15, 0.2) is 36.7 Å². The molecule has 0 atom stereocenters. The number of aromatic nitrogens is 1. The van der Waals surface area contributed by atoms with Gasteiger partial charge in [0.15, 0.2) is 0 Å². The maximum absolute atomic E-state index is 13.2. The average Bonchev–Trinajstić information content (AvgIpc) is 2.58. The lowest BCUT2D eigenvalue weighted by molar-refractivity contribution is 0.0950. The van der Waals surface area contributed by atoms with Gasteiger partial charge in [0.1, 0.15) is 5.82 Å². The third-order valence-corrected chi connectivity index (χ3v) is 3.57. The van der Waals surface area contributed by atoms with Gasteiger partial charge < -0.3 is 15.5 Å². The third kappa shape index (κ3) is 5.51. The summed E-state index contributed by atoms with van der Waals surface area (Å²) in [6, 6.07) is 5.30. The fourth-order valence-electron chi connectivity index (χ4n) is 1.96. The molecule has 0 radical (unpaired) electrons. The first-order chi connectivity index (χ1) is 11.9. The number of benzene rings is 1. The van der Waals surface area contributed by atoms with Crippen LogP contribution in [0.2, 0.25) is 5.02 Å². The number of likely N-dealkylation sites (N-methyl/N-ethyl adjacent to an activating group) is 1. The molecule has 2 aromatic rings. The molecule has 0 unspecified atom stereocenters. The van der Waals surface area contributed by atoms with E-state index in [0.717, 1.165) is 6.07 Å². The maximum Gasteiger partial charge on any atom is 0.257 e. The largest absolute Gasteiger partial charge is 0.351 e. The first-order valence-corrected chi connectivity index (χ1v) is 7.89. The lowest BCUT2D eigenvalue weighted by Crippen LogP contribution is -2.31. The molecule has 2 rings (SSSR count). The van der Waals surface area contributed by atoms with E-state index in [2.05, 4.69) is 15.6 Å². The Balaban J connectivity index is 2.05. The molecule has 0 spiro atoms. The van der Waals surface area contributed by atoms with Gasteiger partial charge in [-0.3, -0.25) is 14.6 Å². The van der Waals surface area contributed by atoms with Crippen molar-refractivity contribution in [3.05, 3.63) is 58.6 Å². The fourth-order valence-corrected chi connectivity index (χ4v) is 2.14. The van der Waals surface area contributed by atoms with Gasteiger partial charge in [0.25, 0.3) is 11.8 Å². The Hall–Kier alpha value is -2.51. The predicted octanol–water partition coefficient (Wildman–Crippen LogP) is 2.42. The van der Waals surface area contributed by atoms with E-state index in [4.69, 9.17) is 11.6 Å². The molecule has 2 amide bonds. The van der Waals surface area contributed by atoms with Crippen molar-refractivity contribution in [3.8, 4) is 0 Å². The lowest BCUT2D eigenvalue weighted by Gasteiger charge is -2.11. The van der Waals surface area contributed by atoms with Crippen molar-refractivity contribution in [2.75, 3.05) is 32.5 Å². The molecule has 0 bridgehead atoms. The van der Waals surface area contributed by atoms with Gasteiger partial charge >= 0.3 is 0 Å². The van der Waals surface area contributed by atoms with Crippen molar-refractivity contribution < 1.29 is 14.0 Å². The summed E-state index contributed by atoms with van der Waals surface area (Å²) in [5, 5.41) is 5.24. The first-order valence-electron chi connectivity index (χ1n) is 7.51. The fraction of sp³-hybridized carbons (Fsp3) is 0.235. The van der Waals surface area contributed by atoms with E-state index in [-0.39, 0.29) is 22.1 Å². The quantitative estimate of drug-likeness (QED) is 0.825. The minimum atomic E-state index is -0.572. The van der Waals surface area contributed by atoms with Crippen LogP contribution in [-0.2, 0) is 0 Å². The van der Waals surface area contributed by atoms with Crippen LogP contribution in [0.25, 0.3) is 0 Å². The third-order valence-electron chi connectivity index (χ3n) is 3.28. The van der Waals surface area contributed by atoms with Crippen molar-refractivity contribution in [2.45, 2.75) is 0 Å². The second-order valence-electron chi connectivity index (χ2n) is 5.60. The summed E-state index contributed by atoms with van der Waals surface area (Å²) in [5.74, 6) is -1.36. The summed E-state index contributed by atoms with van der Waals surface area (Å²) in [6.07, 6.45) is 2.73. The zero-order valence-corrected chi connectivity index (χ0v) is 14.6. The number of pyridine rings is 1. The highest BCUT2D eigenvalue weighted by atomic mass is 35.5. The number of nitrogens with zero attached hydrogens (tertiary/aromatic N) is 2. The highest BCUT2D eigenvalue weighted by Crippen LogP contribution is 2.20. The second-order valence-corrected chi connectivity index (χ2v) is 6.01. The number of rotatable bonds is 6. The Bertz CT molecular complexity index is 783. The van der Waals surface area contributed by atoms with Crippen LogP contribution in [0.1, 0.15) is 20.7 Å². The Labute approximate surface area is 150 Å². The molecule has 0 aliphatic carbocycles. The maximum atomic E-state index is 13.2. The van der Waals surface area contributed by atoms with Crippen molar-refractivity contribution in [1.29, 1.82) is 0 Å². The molecular weight excluding hydrogens is 347 g/mol. The van der Waals surface area contributed by atoms with Crippen molar-refractivity contribution in [3.63, 3.8) is 0 Å². The second kappa shape index (κ2) is 8.55. The van der Waals surface area contributed by atoms with Gasteiger partial charge in [0, 0.05) is 31.2 Å². The Morgan fingerprint density at radius 1 is 1.16 bits per heavy atom. The smallest absolute Gasteiger partial charge is 0.257 e. The van der Waals surface area contributed by atoms with Crippen LogP contribution >= 0.6 is 11.6 Å². The standard InChI is InChI=1S/C17H18ClFN4O2/c1-23(2)6-5-21-16(24)11-7-12(10-20-9-11)17(25)22-13-3-4-15(19)14(18)8-13/h3-4,7-10H,5-6H2,1-2H3,(H,21,24)(H,22,25). The minimum absolute atomic E-state index is 0.0926. The Kier molecular flexibility index (Phi) is 6.44. The van der Waals surface area contributed by atoms with E-state index in [9.17, 15) is 14.0 Å². The number of amides is 2. The summed E-state index contributed by atoms with van der Waals surface area (Å²) < 4.78 is 13.2. The predicted molar refractivity (Wildman–Crippen MR) is 94.5 cm³/mol. The van der Waals surface area contributed by atoms with Crippen LogP contribution in [0.4, 0.5) is 10.1 Å². The highest BCUT2D eigenvalue weighted by Gasteiger charge is 2.12. The molecule has 1 aromatic carbocycles. The van der Waals surface area contributed by atoms with Gasteiger partial charge in [-0.15, -0.1) is 0 Å². The van der Waals surface area contributed by atoms with Crippen molar-refractivity contribution >= 4 is 29.1 Å². The summed E-state index contributed by atoms with van der Waals surface area (Å²) in [7, 11) is 3.81. The van der Waals surface area contributed by atoms with E-state index in [0.29, 0.717) is 18.8 Å². The first kappa shape index (κ1) is 18.8. The Morgan fingerprint density at radius 3 is 2.48 bits per heavy atom. The average molecular weight is 365 g/mol. The number of nitrogens with one attached hydrogen (secondary N) is 2. The summed E-state index contributed by atoms with van der Waals surface area (Å²) in [4.78, 5) is 30.2. The van der Waals surface area contributed by atoms with E-state index in [1.807, 2.05) is 19.0 Å². The topological polar surface area (TPSA) is 74.3 Å². The number of hydrogen-bond donors (Lipinski definition) is 2. The van der Waals surface area contributed by atoms with E-state index < -0.39 is 11.7 Å². The lowest BCUT2D eigenvalue weighted by atomic mass is 10.2. The molecule has 0 aliphatic heterocycles. The molecule has 2 N–H and O–H groups in total. The summed E-state index contributed by atoms with van der Waals surface area (Å²) in [5.41, 5.74) is 0.835. The number of halogens is 2. The van der Waals surface area contributed by atoms with Crippen LogP contribution in [0.3, 0.4) is 0 Å². The molecule has 0 saturated carbocycles. The van der Waals surface area contributed by atoms with Gasteiger partial charge in [0.2, 0.25) is 0 Å². The molecule has 0 fully saturated rings. The zero-order chi connectivity index (χ0) is 18.4. The van der Waals surface area contributed by atoms with Gasteiger partial charge in [0.05, 0.1) is 16.1 Å². The van der Waals surface area contributed by atoms with Crippen LogP contribution in [0.5, 0.6) is 0 Å². The van der Waals surface area contributed by atoms with E-state index >= 15 is 0 Å². The van der Waals surface area contributed by atoms with E-state index in [1.165, 1.54) is 30.6 Å². The van der Waals surface area contributed by atoms with Gasteiger partial charge in [-0.05, 0) is 38.4 Å². The van der Waals surface area contributed by atoms with E-state index in [1.54, 1.807) is 0 Å². The molecule has 1 aromatic heterocycles. The summed E-state index contributed by atoms with van der Waals surface area (Å²) >= 11 is 5.69. The molecule has 6 nitrogen and oxygen atoms in total. The van der Waals surface area contributed by atoms with Crippen LogP contribution in [-0.4, -0.2) is 48.9 Å². The number of hydrogen-bond acceptors (Lipinski definition) is 4. The molecule has 25 heavy (non-hydrogen) atoms. The molecule has 1 heterocycles. The number of carbonyl (C=O) groups is 2. The van der Waals surface area contributed by atoms with Crippen LogP contribution in [0, 0.1) is 5.82 Å². The summed E-state index contributed by atoms with van der Waals surface area (Å²) in [6.45, 7) is 1.18. The number of carbonyl (C=O) groups excluding carboxylic acids is 2. The molecule has 132 valence electrons. The Morgan fingerprint density at radius 2 is 1.84 bits per heavy atom. The molecular formula is C17H18ClFN4O2. The number of anilines is 1. The van der Waals surface area contributed by atoms with Gasteiger partial charge in [-0.2, -0.15) is 0 Å². The molecule has 0 saturated heterocycles.